The van der Waals surface area contributed by atoms with Gasteiger partial charge in [0.15, 0.2) is 0 Å². The fourth-order valence-electron chi connectivity index (χ4n) is 3.00. The van der Waals surface area contributed by atoms with Gasteiger partial charge >= 0.3 is 0 Å². The van der Waals surface area contributed by atoms with Crippen molar-refractivity contribution in [2.45, 2.75) is 38.1 Å². The Morgan fingerprint density at radius 1 is 1.38 bits per heavy atom. The van der Waals surface area contributed by atoms with Crippen LogP contribution in [0.1, 0.15) is 38.2 Å². The number of hydrogen-bond acceptors (Lipinski definition) is 3. The Morgan fingerprint density at radius 3 is 2.71 bits per heavy atom. The van der Waals surface area contributed by atoms with Gasteiger partial charge in [-0.1, -0.05) is 50.1 Å². The zero-order valence-electron chi connectivity index (χ0n) is 12.3. The fourth-order valence-corrected chi connectivity index (χ4v) is 4.25. The Labute approximate surface area is 126 Å². The first-order chi connectivity index (χ1) is 9.95. The van der Waals surface area contributed by atoms with Crippen LogP contribution in [-0.4, -0.2) is 25.7 Å². The van der Waals surface area contributed by atoms with Crippen molar-refractivity contribution in [1.29, 1.82) is 0 Å². The number of hydrogen-bond donors (Lipinski definition) is 2. The maximum atomic E-state index is 12.2. The van der Waals surface area contributed by atoms with E-state index in [9.17, 15) is 13.5 Å². The van der Waals surface area contributed by atoms with Gasteiger partial charge in [0.05, 0.1) is 12.1 Å². The molecule has 2 atom stereocenters. The van der Waals surface area contributed by atoms with Gasteiger partial charge in [0.2, 0.25) is 10.0 Å². The van der Waals surface area contributed by atoms with Gasteiger partial charge in [0.25, 0.3) is 0 Å². The Kier molecular flexibility index (Phi) is 5.19. The van der Waals surface area contributed by atoms with Crippen LogP contribution in [0.3, 0.4) is 0 Å². The molecule has 0 amide bonds. The van der Waals surface area contributed by atoms with Gasteiger partial charge in [0, 0.05) is 5.41 Å². The lowest BCUT2D eigenvalue weighted by Gasteiger charge is -2.38. The van der Waals surface area contributed by atoms with Crippen LogP contribution in [0.15, 0.2) is 35.7 Å². The fraction of sp³-hybridized carbons (Fsp3) is 0.500. The lowest BCUT2D eigenvalue weighted by Crippen LogP contribution is -2.53. The van der Waals surface area contributed by atoms with Crippen LogP contribution in [-0.2, 0) is 10.0 Å². The predicted molar refractivity (Wildman–Crippen MR) is 85.0 cm³/mol. The average Bonchev–Trinajstić information content (AvgIpc) is 2.46. The summed E-state index contributed by atoms with van der Waals surface area (Å²) >= 11 is 0. The maximum absolute atomic E-state index is 12.2. The summed E-state index contributed by atoms with van der Waals surface area (Å²) in [6, 6.07) is 9.29. The molecule has 0 saturated heterocycles. The van der Waals surface area contributed by atoms with Gasteiger partial charge in [-0.05, 0) is 30.4 Å². The van der Waals surface area contributed by atoms with Gasteiger partial charge < -0.3 is 5.11 Å². The molecule has 21 heavy (non-hydrogen) atoms. The lowest BCUT2D eigenvalue weighted by atomic mass is 9.78. The second-order valence-electron chi connectivity index (χ2n) is 6.00. The number of nitrogens with one attached hydrogen (secondary N) is 1. The molecule has 2 rings (SSSR count). The van der Waals surface area contributed by atoms with E-state index in [1.165, 1.54) is 5.41 Å². The summed E-state index contributed by atoms with van der Waals surface area (Å²) in [6.45, 7) is 1.94. The number of aliphatic hydroxyl groups is 1. The summed E-state index contributed by atoms with van der Waals surface area (Å²) in [7, 11) is -3.56. The van der Waals surface area contributed by atoms with Gasteiger partial charge in [-0.3, -0.25) is 0 Å². The zero-order valence-corrected chi connectivity index (χ0v) is 13.1. The van der Waals surface area contributed by atoms with Crippen molar-refractivity contribution < 1.29 is 13.5 Å². The number of aliphatic hydroxyl groups excluding tert-OH is 1. The molecular weight excluding hydrogens is 286 g/mol. The van der Waals surface area contributed by atoms with Crippen molar-refractivity contribution in [2.75, 3.05) is 6.61 Å². The lowest BCUT2D eigenvalue weighted by molar-refractivity contribution is 0.120. The normalized spacial score (nSPS) is 27.0. The molecule has 1 aliphatic carbocycles. The largest absolute Gasteiger partial charge is 0.394 e. The third-order valence-electron chi connectivity index (χ3n) is 3.99. The highest BCUT2D eigenvalue weighted by molar-refractivity contribution is 7.92. The van der Waals surface area contributed by atoms with Gasteiger partial charge in [0.1, 0.15) is 0 Å². The molecule has 1 aliphatic rings. The summed E-state index contributed by atoms with van der Waals surface area (Å²) in [5, 5.41) is 10.8. The second-order valence-corrected chi connectivity index (χ2v) is 7.57. The highest BCUT2D eigenvalue weighted by atomic mass is 32.2. The average molecular weight is 309 g/mol. The van der Waals surface area contributed by atoms with Crippen LogP contribution in [0.25, 0.3) is 6.08 Å². The van der Waals surface area contributed by atoms with E-state index in [2.05, 4.69) is 11.6 Å². The molecule has 0 spiro atoms. The first-order valence-corrected chi connectivity index (χ1v) is 8.87. The minimum atomic E-state index is -3.56. The van der Waals surface area contributed by atoms with E-state index in [0.717, 1.165) is 18.4 Å². The van der Waals surface area contributed by atoms with Gasteiger partial charge in [-0.15, -0.1) is 0 Å². The van der Waals surface area contributed by atoms with E-state index in [1.54, 1.807) is 6.08 Å². The Bertz CT molecular complexity index is 583. The van der Waals surface area contributed by atoms with E-state index in [-0.39, 0.29) is 6.61 Å². The summed E-state index contributed by atoms with van der Waals surface area (Å²) in [5.74, 6) is 0.423. The molecule has 0 aliphatic heterocycles. The number of benzene rings is 1. The Morgan fingerprint density at radius 2 is 2.10 bits per heavy atom. The van der Waals surface area contributed by atoms with Gasteiger partial charge in [-0.25, -0.2) is 13.1 Å². The molecule has 0 bridgehead atoms. The van der Waals surface area contributed by atoms with E-state index in [0.29, 0.717) is 18.8 Å². The monoisotopic (exact) mass is 309 g/mol. The molecule has 1 aromatic rings. The summed E-state index contributed by atoms with van der Waals surface area (Å²) in [6.07, 6.45) is 4.96. The van der Waals surface area contributed by atoms with Crippen LogP contribution < -0.4 is 4.72 Å². The first-order valence-electron chi connectivity index (χ1n) is 7.33. The number of rotatable bonds is 5. The third kappa shape index (κ3) is 4.66. The minimum Gasteiger partial charge on any atom is -0.394 e. The molecule has 2 unspecified atom stereocenters. The molecule has 0 radical (unpaired) electrons. The van der Waals surface area contributed by atoms with E-state index in [4.69, 9.17) is 0 Å². The van der Waals surface area contributed by atoms with Crippen LogP contribution in [0, 0.1) is 5.92 Å². The highest BCUT2D eigenvalue weighted by Gasteiger charge is 2.37. The van der Waals surface area contributed by atoms with Crippen molar-refractivity contribution in [1.82, 2.24) is 4.72 Å². The second kappa shape index (κ2) is 6.73. The molecule has 1 fully saturated rings. The first kappa shape index (κ1) is 16.2. The molecule has 0 aromatic heterocycles. The molecule has 1 aromatic carbocycles. The van der Waals surface area contributed by atoms with Crippen molar-refractivity contribution in [3.05, 3.63) is 41.3 Å². The van der Waals surface area contributed by atoms with E-state index < -0.39 is 15.6 Å². The summed E-state index contributed by atoms with van der Waals surface area (Å²) < 4.78 is 27.2. The van der Waals surface area contributed by atoms with Crippen LogP contribution in [0.4, 0.5) is 0 Å². The van der Waals surface area contributed by atoms with Crippen LogP contribution >= 0.6 is 0 Å². The minimum absolute atomic E-state index is 0.157. The van der Waals surface area contributed by atoms with Crippen LogP contribution in [0.5, 0.6) is 0 Å². The van der Waals surface area contributed by atoms with E-state index in [1.807, 2.05) is 30.3 Å². The maximum Gasteiger partial charge on any atom is 0.234 e. The van der Waals surface area contributed by atoms with Crippen molar-refractivity contribution in [3.63, 3.8) is 0 Å². The van der Waals surface area contributed by atoms with Crippen molar-refractivity contribution >= 4 is 16.1 Å². The summed E-state index contributed by atoms with van der Waals surface area (Å²) in [4.78, 5) is 0. The number of sulfonamides is 1. The quantitative estimate of drug-likeness (QED) is 0.878. The predicted octanol–water partition coefficient (Wildman–Crippen LogP) is 2.52. The van der Waals surface area contributed by atoms with Gasteiger partial charge in [-0.2, -0.15) is 0 Å². The molecule has 1 saturated carbocycles. The molecule has 0 heterocycles. The molecular formula is C16H23NO3S. The van der Waals surface area contributed by atoms with Crippen LogP contribution in [0.2, 0.25) is 0 Å². The summed E-state index contributed by atoms with van der Waals surface area (Å²) in [5.41, 5.74) is 0.121. The SMILES string of the molecule is CC1CCCC(CO)(NS(=O)(=O)C=Cc2ccccc2)C1. The Balaban J connectivity index is 2.10. The Hall–Kier alpha value is -1.17. The topological polar surface area (TPSA) is 66.4 Å². The smallest absolute Gasteiger partial charge is 0.234 e. The molecule has 5 heteroatoms. The van der Waals surface area contributed by atoms with Crippen molar-refractivity contribution in [3.8, 4) is 0 Å². The highest BCUT2D eigenvalue weighted by Crippen LogP contribution is 2.32. The third-order valence-corrected chi connectivity index (χ3v) is 5.20. The zero-order chi connectivity index (χ0) is 15.3. The molecule has 4 nitrogen and oxygen atoms in total. The molecule has 2 N–H and O–H groups in total. The standard InChI is InChI=1S/C16H23NO3S/c1-14-6-5-10-16(12-14,13-18)17-21(19,20)11-9-15-7-3-2-4-8-15/h2-4,7-9,11,14,17-18H,5-6,10,12-13H2,1H3. The van der Waals surface area contributed by atoms with E-state index >= 15 is 0 Å². The van der Waals surface area contributed by atoms with Crippen molar-refractivity contribution in [2.24, 2.45) is 5.92 Å². The molecule has 116 valence electrons.